The first-order valence-corrected chi connectivity index (χ1v) is 13.5. The van der Waals surface area contributed by atoms with Crippen molar-refractivity contribution in [2.45, 2.75) is 82.7 Å². The van der Waals surface area contributed by atoms with E-state index in [-0.39, 0.29) is 52.3 Å². The van der Waals surface area contributed by atoms with Crippen molar-refractivity contribution in [1.29, 1.82) is 0 Å². The molecule has 0 aliphatic carbocycles. The van der Waals surface area contributed by atoms with E-state index < -0.39 is 51.1 Å². The van der Waals surface area contributed by atoms with Crippen LogP contribution in [0.3, 0.4) is 0 Å². The average Bonchev–Trinajstić information content (AvgIpc) is 3.13. The van der Waals surface area contributed by atoms with Gasteiger partial charge in [-0.1, -0.05) is 38.5 Å². The summed E-state index contributed by atoms with van der Waals surface area (Å²) < 4.78 is 36.7. The van der Waals surface area contributed by atoms with Gasteiger partial charge in [0.15, 0.2) is 5.25 Å². The van der Waals surface area contributed by atoms with Crippen LogP contribution in [0.1, 0.15) is 75.3 Å². The Hall–Kier alpha value is -1.94. The van der Waals surface area contributed by atoms with Crippen LogP contribution < -0.4 is 0 Å². The van der Waals surface area contributed by atoms with Gasteiger partial charge in [0.2, 0.25) is 0 Å². The number of unbranched alkanes of at least 4 members (excludes halogenated alkanes) is 7. The Morgan fingerprint density at radius 1 is 1.08 bits per heavy atom. The van der Waals surface area contributed by atoms with E-state index in [1.54, 1.807) is 12.1 Å². The molecule has 1 saturated heterocycles. The van der Waals surface area contributed by atoms with Crippen molar-refractivity contribution in [3.8, 4) is 0 Å². The molecule has 1 fully saturated rings. The minimum atomic E-state index is -4.75. The van der Waals surface area contributed by atoms with Crippen LogP contribution in [0.4, 0.5) is 5.69 Å². The molecule has 1 aromatic rings. The summed E-state index contributed by atoms with van der Waals surface area (Å²) in [6.45, 7) is 0.462. The number of aliphatic hydroxyl groups excluding tert-OH is 1. The molecule has 1 heterocycles. The van der Waals surface area contributed by atoms with Gasteiger partial charge in [-0.25, -0.2) is 4.79 Å². The molecule has 0 saturated carbocycles. The number of carbonyl (C=O) groups excluding carboxylic acids is 3. The first kappa shape index (κ1) is 34.1. The number of imide groups is 1. The summed E-state index contributed by atoms with van der Waals surface area (Å²) in [7, 11) is -4.75. The van der Waals surface area contributed by atoms with Crippen molar-refractivity contribution in [3.63, 3.8) is 0 Å². The summed E-state index contributed by atoms with van der Waals surface area (Å²) in [5.74, 6) is -3.08. The number of carbonyl (C=O) groups is 3. The fourth-order valence-electron chi connectivity index (χ4n) is 3.82. The van der Waals surface area contributed by atoms with Crippen molar-refractivity contribution in [1.82, 2.24) is 5.06 Å². The molecule has 1 atom stereocenters. The van der Waals surface area contributed by atoms with Crippen molar-refractivity contribution in [2.24, 2.45) is 0 Å². The van der Waals surface area contributed by atoms with Gasteiger partial charge in [-0.2, -0.15) is 8.42 Å². The Morgan fingerprint density at radius 2 is 1.68 bits per heavy atom. The van der Waals surface area contributed by atoms with E-state index in [9.17, 15) is 38.0 Å². The Bertz CT molecular complexity index is 1080. The topological polar surface area (TPSA) is 191 Å². The second kappa shape index (κ2) is 16.9. The zero-order chi connectivity index (χ0) is 27.4. The predicted octanol–water partition coefficient (Wildman–Crippen LogP) is 1.94. The molecular formula is C23H33N2NaO11S. The molecule has 13 nitrogen and oxygen atoms in total. The number of rotatable bonds is 17. The summed E-state index contributed by atoms with van der Waals surface area (Å²) in [6, 6.07) is 4.55. The first-order valence-electron chi connectivity index (χ1n) is 12.0. The number of aliphatic hydroxyl groups is 1. The summed E-state index contributed by atoms with van der Waals surface area (Å²) in [5, 5.41) is 18.3. The van der Waals surface area contributed by atoms with E-state index in [1.807, 2.05) is 0 Å². The van der Waals surface area contributed by atoms with Gasteiger partial charge >= 0.3 is 35.5 Å². The minimum absolute atomic E-state index is 0. The number of hydrogen-bond donors (Lipinski definition) is 2. The number of benzene rings is 1. The van der Waals surface area contributed by atoms with Crippen LogP contribution >= 0.6 is 0 Å². The zero-order valence-electron chi connectivity index (χ0n) is 20.4. The summed E-state index contributed by atoms with van der Waals surface area (Å²) in [6.07, 6.45) is 6.21. The van der Waals surface area contributed by atoms with Gasteiger partial charge in [-0.3, -0.25) is 24.3 Å². The fraction of sp³-hybridized carbons (Fsp3) is 0.609. The van der Waals surface area contributed by atoms with Gasteiger partial charge in [0.1, 0.15) is 0 Å². The normalized spacial score (nSPS) is 15.4. The number of amides is 2. The molecule has 1 unspecified atom stereocenters. The molecule has 2 rings (SSSR count). The van der Waals surface area contributed by atoms with Gasteiger partial charge in [0.25, 0.3) is 27.6 Å². The van der Waals surface area contributed by atoms with Crippen LogP contribution in [0.15, 0.2) is 18.2 Å². The van der Waals surface area contributed by atoms with Gasteiger partial charge in [-0.05, 0) is 30.5 Å². The molecule has 0 spiro atoms. The second-order valence-corrected chi connectivity index (χ2v) is 10.3. The van der Waals surface area contributed by atoms with Crippen LogP contribution in [0, 0.1) is 10.1 Å². The van der Waals surface area contributed by atoms with Crippen molar-refractivity contribution in [3.05, 3.63) is 39.4 Å². The molecule has 2 N–H and O–H groups in total. The third kappa shape index (κ3) is 11.0. The van der Waals surface area contributed by atoms with Crippen molar-refractivity contribution in [2.75, 3.05) is 6.61 Å². The molecule has 0 bridgehead atoms. The molecule has 38 heavy (non-hydrogen) atoms. The second-order valence-electron chi connectivity index (χ2n) is 8.71. The Balaban J connectivity index is 0.00000722. The molecule has 0 aromatic heterocycles. The average molecular weight is 569 g/mol. The van der Waals surface area contributed by atoms with Crippen LogP contribution in [0.5, 0.6) is 0 Å². The number of nitrogens with zero attached hydrogens (tertiary/aromatic N) is 2. The van der Waals surface area contributed by atoms with Gasteiger partial charge in [-0.15, -0.1) is 5.06 Å². The van der Waals surface area contributed by atoms with Gasteiger partial charge in [0, 0.05) is 19.1 Å². The van der Waals surface area contributed by atoms with Gasteiger partial charge < -0.3 is 14.7 Å². The van der Waals surface area contributed by atoms with E-state index in [1.165, 1.54) is 6.07 Å². The first-order chi connectivity index (χ1) is 17.5. The Morgan fingerprint density at radius 3 is 2.24 bits per heavy atom. The molecule has 15 heteroatoms. The quantitative estimate of drug-likeness (QED) is 0.0697. The van der Waals surface area contributed by atoms with E-state index in [4.69, 9.17) is 9.29 Å². The number of nitro groups is 1. The van der Waals surface area contributed by atoms with Crippen LogP contribution in [-0.2, 0) is 47.3 Å². The van der Waals surface area contributed by atoms with E-state index in [2.05, 4.69) is 4.84 Å². The summed E-state index contributed by atoms with van der Waals surface area (Å²) >= 11 is 0. The molecule has 208 valence electrons. The van der Waals surface area contributed by atoms with Gasteiger partial charge in [0.05, 0.1) is 30.1 Å². The number of nitro benzene ring substituents is 1. The Labute approximate surface area is 243 Å². The summed E-state index contributed by atoms with van der Waals surface area (Å²) in [5.41, 5.74) is 0.908. The SMILES string of the molecule is O=C(CCCCCCCCCCOCc1ccc([N+](=O)[O-])c(CO)c1)ON1C(=O)CC(S(=O)(=O)O)C1=O.[NaH]. The fourth-order valence-corrected chi connectivity index (χ4v) is 4.52. The standard InChI is InChI=1S/C23H32N2O11S.Na.H/c26-15-18-13-17(10-11-19(18)25(30)31)16-35-12-8-6-4-2-1-3-5-7-9-22(28)36-24-21(27)14-20(23(24)29)37(32,33)34;;/h10-11,13,20,26H,1-9,12,14-16H2,(H,32,33,34);;. The predicted molar refractivity (Wildman–Crippen MR) is 135 cm³/mol. The molecule has 2 amide bonds. The number of hydrogen-bond acceptors (Lipinski definition) is 10. The van der Waals surface area contributed by atoms with E-state index >= 15 is 0 Å². The maximum atomic E-state index is 11.8. The van der Waals surface area contributed by atoms with Crippen molar-refractivity contribution < 1.29 is 47.0 Å². The third-order valence-electron chi connectivity index (χ3n) is 5.81. The number of hydroxylamine groups is 2. The molecule has 1 aliphatic heterocycles. The van der Waals surface area contributed by atoms with Crippen molar-refractivity contribution >= 4 is 63.1 Å². The van der Waals surface area contributed by atoms with E-state index in [0.29, 0.717) is 19.6 Å². The Kier molecular flexibility index (Phi) is 15.2. The maximum absolute atomic E-state index is 11.8. The van der Waals surface area contributed by atoms with E-state index in [0.717, 1.165) is 50.5 Å². The molecule has 1 aliphatic rings. The monoisotopic (exact) mass is 568 g/mol. The molecule has 0 radical (unpaired) electrons. The molecule has 1 aromatic carbocycles. The zero-order valence-corrected chi connectivity index (χ0v) is 21.2. The third-order valence-corrected chi connectivity index (χ3v) is 6.90. The van der Waals surface area contributed by atoms with Crippen LogP contribution in [0.25, 0.3) is 0 Å². The molecular weight excluding hydrogens is 535 g/mol. The van der Waals surface area contributed by atoms with Crippen LogP contribution in [-0.4, -0.2) is 87.3 Å². The summed E-state index contributed by atoms with van der Waals surface area (Å²) in [4.78, 5) is 50.4. The van der Waals surface area contributed by atoms with Crippen LogP contribution in [0.2, 0.25) is 0 Å². The number of ether oxygens (including phenoxy) is 1.